The van der Waals surface area contributed by atoms with Crippen molar-refractivity contribution in [2.24, 2.45) is 5.92 Å². The molecule has 0 bridgehead atoms. The maximum absolute atomic E-state index is 10.6. The lowest BCUT2D eigenvalue weighted by Crippen LogP contribution is -2.24. The Morgan fingerprint density at radius 1 is 0.950 bits per heavy atom. The molecule has 1 aliphatic carbocycles. The van der Waals surface area contributed by atoms with Gasteiger partial charge in [0.2, 0.25) is 0 Å². The molecule has 104 valence electrons. The molecule has 0 heterocycles. The van der Waals surface area contributed by atoms with E-state index in [4.69, 9.17) is 0 Å². The summed E-state index contributed by atoms with van der Waals surface area (Å²) in [6, 6.07) is 14.9. The first kappa shape index (κ1) is 13.4. The highest BCUT2D eigenvalue weighted by atomic mass is 16.3. The van der Waals surface area contributed by atoms with Crippen molar-refractivity contribution in [1.82, 2.24) is 0 Å². The third-order valence-corrected chi connectivity index (χ3v) is 4.68. The number of hydrogen-bond acceptors (Lipinski definition) is 1. The summed E-state index contributed by atoms with van der Waals surface area (Å²) in [5.74, 6) is 0.367. The SMILES string of the molecule is Cc1cccc(C)c1CC(O)C1Cc2ccccc2C1. The van der Waals surface area contributed by atoms with Gasteiger partial charge in [-0.3, -0.25) is 0 Å². The molecular weight excluding hydrogens is 244 g/mol. The third-order valence-electron chi connectivity index (χ3n) is 4.68. The van der Waals surface area contributed by atoms with Crippen LogP contribution in [0, 0.1) is 19.8 Å². The van der Waals surface area contributed by atoms with E-state index < -0.39 is 0 Å². The van der Waals surface area contributed by atoms with Crippen LogP contribution >= 0.6 is 0 Å². The van der Waals surface area contributed by atoms with Gasteiger partial charge >= 0.3 is 0 Å². The molecule has 0 aromatic heterocycles. The second kappa shape index (κ2) is 5.41. The van der Waals surface area contributed by atoms with Crippen LogP contribution < -0.4 is 0 Å². The van der Waals surface area contributed by atoms with E-state index in [1.54, 1.807) is 0 Å². The number of rotatable bonds is 3. The Morgan fingerprint density at radius 3 is 2.05 bits per heavy atom. The van der Waals surface area contributed by atoms with Crippen molar-refractivity contribution in [3.63, 3.8) is 0 Å². The van der Waals surface area contributed by atoms with Crippen molar-refractivity contribution in [3.8, 4) is 0 Å². The van der Waals surface area contributed by atoms with E-state index in [9.17, 15) is 5.11 Å². The molecular formula is C19H22O. The first-order chi connectivity index (χ1) is 9.65. The van der Waals surface area contributed by atoms with Crippen molar-refractivity contribution in [1.29, 1.82) is 0 Å². The van der Waals surface area contributed by atoms with Crippen LogP contribution in [-0.2, 0) is 19.3 Å². The number of hydrogen-bond donors (Lipinski definition) is 1. The molecule has 2 aromatic rings. The standard InChI is InChI=1S/C19H22O/c1-13-6-5-7-14(2)18(13)12-19(20)17-10-15-8-3-4-9-16(15)11-17/h3-9,17,19-20H,10-12H2,1-2H3. The topological polar surface area (TPSA) is 20.2 Å². The average molecular weight is 266 g/mol. The van der Waals surface area contributed by atoms with Gasteiger partial charge in [0.05, 0.1) is 6.10 Å². The fraction of sp³-hybridized carbons (Fsp3) is 0.368. The Hall–Kier alpha value is -1.60. The first-order valence-electron chi connectivity index (χ1n) is 7.45. The van der Waals surface area contributed by atoms with Gasteiger partial charge in [-0.25, -0.2) is 0 Å². The normalized spacial score (nSPS) is 16.1. The van der Waals surface area contributed by atoms with Crippen LogP contribution in [0.2, 0.25) is 0 Å². The average Bonchev–Trinajstić information content (AvgIpc) is 2.87. The number of fused-ring (bicyclic) bond motifs is 1. The van der Waals surface area contributed by atoms with E-state index in [0.717, 1.165) is 19.3 Å². The Labute approximate surface area is 121 Å². The Morgan fingerprint density at radius 2 is 1.50 bits per heavy atom. The highest BCUT2D eigenvalue weighted by Crippen LogP contribution is 2.30. The molecule has 2 aromatic carbocycles. The first-order valence-corrected chi connectivity index (χ1v) is 7.45. The summed E-state index contributed by atoms with van der Waals surface area (Å²) < 4.78 is 0. The van der Waals surface area contributed by atoms with Gasteiger partial charge in [0.25, 0.3) is 0 Å². The molecule has 1 unspecified atom stereocenters. The van der Waals surface area contributed by atoms with Crippen molar-refractivity contribution in [2.75, 3.05) is 0 Å². The number of aryl methyl sites for hydroxylation is 2. The zero-order valence-electron chi connectivity index (χ0n) is 12.3. The molecule has 1 N–H and O–H groups in total. The molecule has 1 nitrogen and oxygen atoms in total. The Bertz CT molecular complexity index is 570. The van der Waals surface area contributed by atoms with Crippen LogP contribution in [0.25, 0.3) is 0 Å². The molecule has 0 fully saturated rings. The van der Waals surface area contributed by atoms with Gasteiger partial charge in [-0.1, -0.05) is 42.5 Å². The molecule has 0 radical (unpaired) electrons. The summed E-state index contributed by atoms with van der Waals surface area (Å²) >= 11 is 0. The van der Waals surface area contributed by atoms with E-state index in [1.807, 2.05) is 0 Å². The van der Waals surface area contributed by atoms with E-state index in [0.29, 0.717) is 5.92 Å². The quantitative estimate of drug-likeness (QED) is 0.899. The lowest BCUT2D eigenvalue weighted by atomic mass is 9.90. The fourth-order valence-corrected chi connectivity index (χ4v) is 3.41. The minimum atomic E-state index is -0.248. The van der Waals surface area contributed by atoms with Gasteiger partial charge in [0.1, 0.15) is 0 Å². The molecule has 1 atom stereocenters. The second-order valence-corrected chi connectivity index (χ2v) is 6.08. The van der Waals surface area contributed by atoms with Gasteiger partial charge in [-0.15, -0.1) is 0 Å². The lowest BCUT2D eigenvalue weighted by molar-refractivity contribution is 0.112. The van der Waals surface area contributed by atoms with Crippen molar-refractivity contribution < 1.29 is 5.11 Å². The van der Waals surface area contributed by atoms with Crippen LogP contribution in [0.3, 0.4) is 0 Å². The van der Waals surface area contributed by atoms with Gasteiger partial charge in [-0.05, 0) is 66.8 Å². The van der Waals surface area contributed by atoms with Gasteiger partial charge < -0.3 is 5.11 Å². The summed E-state index contributed by atoms with van der Waals surface area (Å²) in [5.41, 5.74) is 6.73. The minimum absolute atomic E-state index is 0.248. The number of benzene rings is 2. The second-order valence-electron chi connectivity index (χ2n) is 6.08. The van der Waals surface area contributed by atoms with Crippen LogP contribution in [0.15, 0.2) is 42.5 Å². The van der Waals surface area contributed by atoms with E-state index in [-0.39, 0.29) is 6.10 Å². The smallest absolute Gasteiger partial charge is 0.0615 e. The zero-order chi connectivity index (χ0) is 14.1. The number of aliphatic hydroxyl groups is 1. The van der Waals surface area contributed by atoms with Crippen LogP contribution in [0.5, 0.6) is 0 Å². The molecule has 0 saturated carbocycles. The van der Waals surface area contributed by atoms with Crippen molar-refractivity contribution >= 4 is 0 Å². The molecule has 0 saturated heterocycles. The van der Waals surface area contributed by atoms with Gasteiger partial charge in [0.15, 0.2) is 0 Å². The molecule has 0 amide bonds. The van der Waals surface area contributed by atoms with Crippen LogP contribution in [0.1, 0.15) is 27.8 Å². The Kier molecular flexibility index (Phi) is 3.62. The number of aliphatic hydroxyl groups excluding tert-OH is 1. The Balaban J connectivity index is 1.74. The highest BCUT2D eigenvalue weighted by molar-refractivity contribution is 5.35. The van der Waals surface area contributed by atoms with Crippen molar-refractivity contribution in [2.45, 2.75) is 39.2 Å². The third kappa shape index (κ3) is 2.51. The molecule has 3 rings (SSSR count). The van der Waals surface area contributed by atoms with E-state index >= 15 is 0 Å². The van der Waals surface area contributed by atoms with E-state index in [1.165, 1.54) is 27.8 Å². The van der Waals surface area contributed by atoms with Crippen molar-refractivity contribution in [3.05, 3.63) is 70.3 Å². The summed E-state index contributed by atoms with van der Waals surface area (Å²) in [4.78, 5) is 0. The maximum Gasteiger partial charge on any atom is 0.0615 e. The zero-order valence-corrected chi connectivity index (χ0v) is 12.3. The highest BCUT2D eigenvalue weighted by Gasteiger charge is 2.27. The summed E-state index contributed by atoms with van der Waals surface area (Å²) in [6.45, 7) is 4.27. The van der Waals surface area contributed by atoms with Gasteiger partial charge in [-0.2, -0.15) is 0 Å². The summed E-state index contributed by atoms with van der Waals surface area (Å²) in [5, 5.41) is 10.6. The minimum Gasteiger partial charge on any atom is -0.392 e. The summed E-state index contributed by atoms with van der Waals surface area (Å²) in [6.07, 6.45) is 2.56. The molecule has 1 aliphatic rings. The summed E-state index contributed by atoms with van der Waals surface area (Å²) in [7, 11) is 0. The van der Waals surface area contributed by atoms with E-state index in [2.05, 4.69) is 56.3 Å². The molecule has 20 heavy (non-hydrogen) atoms. The monoisotopic (exact) mass is 266 g/mol. The van der Waals surface area contributed by atoms with Crippen LogP contribution in [0.4, 0.5) is 0 Å². The predicted octanol–water partition coefficient (Wildman–Crippen LogP) is 3.62. The lowest BCUT2D eigenvalue weighted by Gasteiger charge is -2.20. The van der Waals surface area contributed by atoms with Gasteiger partial charge in [0, 0.05) is 0 Å². The largest absolute Gasteiger partial charge is 0.392 e. The van der Waals surface area contributed by atoms with Crippen LogP contribution in [-0.4, -0.2) is 11.2 Å². The molecule has 1 heteroatoms. The molecule has 0 aliphatic heterocycles. The fourth-order valence-electron chi connectivity index (χ4n) is 3.41. The predicted molar refractivity (Wildman–Crippen MR) is 83.0 cm³/mol. The molecule has 0 spiro atoms. The maximum atomic E-state index is 10.6.